The number of hydrogen-bond acceptors (Lipinski definition) is 3. The Hall–Kier alpha value is -1.84. The van der Waals surface area contributed by atoms with Crippen LogP contribution in [-0.4, -0.2) is 24.0 Å². The quantitative estimate of drug-likeness (QED) is 0.786. The highest BCUT2D eigenvalue weighted by Gasteiger charge is 2.46. The number of aromatic nitrogens is 1. The second kappa shape index (κ2) is 6.65. The van der Waals surface area contributed by atoms with Crippen LogP contribution >= 0.6 is 0 Å². The van der Waals surface area contributed by atoms with E-state index in [-0.39, 0.29) is 11.3 Å². The van der Waals surface area contributed by atoms with Crippen molar-refractivity contribution < 1.29 is 4.79 Å². The van der Waals surface area contributed by atoms with Crippen molar-refractivity contribution in [3.05, 3.63) is 29.5 Å². The van der Waals surface area contributed by atoms with Crippen molar-refractivity contribution >= 4 is 17.4 Å². The minimum Gasteiger partial charge on any atom is -0.356 e. The zero-order valence-corrected chi connectivity index (χ0v) is 17.4. The molecule has 2 fully saturated rings. The number of pyridine rings is 1. The third-order valence-electron chi connectivity index (χ3n) is 6.61. The first-order valence-electron chi connectivity index (χ1n) is 10.4. The molecule has 1 aromatic rings. The van der Waals surface area contributed by atoms with Crippen molar-refractivity contribution in [1.82, 2.24) is 4.98 Å². The maximum absolute atomic E-state index is 12.4. The predicted octanol–water partition coefficient (Wildman–Crippen LogP) is 4.72. The summed E-state index contributed by atoms with van der Waals surface area (Å²) in [5, 5.41) is 3.10. The molecule has 27 heavy (non-hydrogen) atoms. The lowest BCUT2D eigenvalue weighted by molar-refractivity contribution is -0.117. The van der Waals surface area contributed by atoms with Gasteiger partial charge < -0.3 is 10.2 Å². The standard InChI is InChI=1S/C23H33N3O/c1-14-10-20(24-15(2)22(14)25-21(27)11-23(3,4)5)26-12-18-16-6-7-17(9-8-16)19(18)13-26/h6-7,10,16-19H,8-9,11-13H2,1-5H3,(H,25,27). The first kappa shape index (κ1) is 18.5. The molecule has 1 saturated heterocycles. The summed E-state index contributed by atoms with van der Waals surface area (Å²) < 4.78 is 0. The Morgan fingerprint density at radius 1 is 1.15 bits per heavy atom. The lowest BCUT2D eigenvalue weighted by Gasteiger charge is -2.40. The second-order valence-corrected chi connectivity index (χ2v) is 10.1. The van der Waals surface area contributed by atoms with E-state index in [1.165, 1.54) is 12.8 Å². The third kappa shape index (κ3) is 3.63. The normalized spacial score (nSPS) is 29.1. The van der Waals surface area contributed by atoms with Gasteiger partial charge >= 0.3 is 0 Å². The predicted molar refractivity (Wildman–Crippen MR) is 111 cm³/mol. The van der Waals surface area contributed by atoms with E-state index in [0.717, 1.165) is 59.5 Å². The number of rotatable bonds is 3. The van der Waals surface area contributed by atoms with Crippen LogP contribution in [-0.2, 0) is 4.79 Å². The molecule has 1 amide bonds. The topological polar surface area (TPSA) is 45.2 Å². The Kier molecular flexibility index (Phi) is 4.56. The Labute approximate surface area is 163 Å². The average Bonchev–Trinajstić information content (AvgIpc) is 3.05. The summed E-state index contributed by atoms with van der Waals surface area (Å²) in [7, 11) is 0. The molecule has 0 aromatic carbocycles. The van der Waals surface area contributed by atoms with Crippen molar-refractivity contribution in [2.75, 3.05) is 23.3 Å². The molecule has 1 aliphatic heterocycles. The van der Waals surface area contributed by atoms with Gasteiger partial charge in [0.25, 0.3) is 0 Å². The smallest absolute Gasteiger partial charge is 0.224 e. The molecule has 1 aromatic heterocycles. The molecule has 4 atom stereocenters. The Morgan fingerprint density at radius 2 is 1.74 bits per heavy atom. The third-order valence-corrected chi connectivity index (χ3v) is 6.61. The van der Waals surface area contributed by atoms with Crippen LogP contribution in [0.4, 0.5) is 11.5 Å². The van der Waals surface area contributed by atoms with Gasteiger partial charge in [0.1, 0.15) is 5.82 Å². The summed E-state index contributed by atoms with van der Waals surface area (Å²) in [6.45, 7) is 12.6. The van der Waals surface area contributed by atoms with Crippen LogP contribution in [0, 0.1) is 42.9 Å². The minimum atomic E-state index is -0.0154. The maximum Gasteiger partial charge on any atom is 0.224 e. The van der Waals surface area contributed by atoms with E-state index in [4.69, 9.17) is 4.98 Å². The molecule has 0 spiro atoms. The maximum atomic E-state index is 12.4. The molecule has 1 N–H and O–H groups in total. The van der Waals surface area contributed by atoms with Crippen molar-refractivity contribution in [2.24, 2.45) is 29.1 Å². The van der Waals surface area contributed by atoms with E-state index in [9.17, 15) is 4.79 Å². The minimum absolute atomic E-state index is 0.0154. The molecule has 4 unspecified atom stereocenters. The molecule has 4 nitrogen and oxygen atoms in total. The van der Waals surface area contributed by atoms with Crippen LogP contribution in [0.3, 0.4) is 0 Å². The molecule has 0 radical (unpaired) electrons. The van der Waals surface area contributed by atoms with Gasteiger partial charge in [0.15, 0.2) is 0 Å². The van der Waals surface area contributed by atoms with Gasteiger partial charge in [-0.1, -0.05) is 32.9 Å². The van der Waals surface area contributed by atoms with Gasteiger partial charge in [-0.2, -0.15) is 0 Å². The Morgan fingerprint density at radius 3 is 2.22 bits per heavy atom. The molecule has 4 heteroatoms. The number of carbonyl (C=O) groups is 1. The van der Waals surface area contributed by atoms with Crippen molar-refractivity contribution in [1.29, 1.82) is 0 Å². The van der Waals surface area contributed by atoms with Crippen LogP contribution in [0.1, 0.15) is 51.3 Å². The van der Waals surface area contributed by atoms with Crippen molar-refractivity contribution in [3.63, 3.8) is 0 Å². The highest BCUT2D eigenvalue weighted by Crippen LogP contribution is 2.49. The molecule has 146 valence electrons. The van der Waals surface area contributed by atoms with Gasteiger partial charge in [0.05, 0.1) is 11.4 Å². The molecule has 2 bridgehead atoms. The number of nitrogens with one attached hydrogen (secondary N) is 1. The molecule has 1 saturated carbocycles. The van der Waals surface area contributed by atoms with Gasteiger partial charge in [0, 0.05) is 19.5 Å². The molecular weight excluding hydrogens is 334 g/mol. The lowest BCUT2D eigenvalue weighted by atomic mass is 9.64. The fraction of sp³-hybridized carbons (Fsp3) is 0.652. The largest absolute Gasteiger partial charge is 0.356 e. The summed E-state index contributed by atoms with van der Waals surface area (Å²) >= 11 is 0. The first-order valence-corrected chi connectivity index (χ1v) is 10.4. The van der Waals surface area contributed by atoms with Gasteiger partial charge in [-0.3, -0.25) is 4.79 Å². The van der Waals surface area contributed by atoms with E-state index < -0.39 is 0 Å². The summed E-state index contributed by atoms with van der Waals surface area (Å²) in [5.74, 6) is 4.27. The molecule has 5 rings (SSSR count). The fourth-order valence-electron chi connectivity index (χ4n) is 5.35. The lowest BCUT2D eigenvalue weighted by Crippen LogP contribution is -2.35. The van der Waals surface area contributed by atoms with E-state index >= 15 is 0 Å². The SMILES string of the molecule is Cc1cc(N2CC3C4C=CC(CC4)C3C2)nc(C)c1NC(=O)CC(C)(C)C. The Balaban J connectivity index is 1.50. The summed E-state index contributed by atoms with van der Waals surface area (Å²) in [5.41, 5.74) is 2.89. The van der Waals surface area contributed by atoms with E-state index in [2.05, 4.69) is 56.1 Å². The highest BCUT2D eigenvalue weighted by molar-refractivity contribution is 5.92. The van der Waals surface area contributed by atoms with Gasteiger partial charge in [0.2, 0.25) is 5.91 Å². The monoisotopic (exact) mass is 367 g/mol. The van der Waals surface area contributed by atoms with Gasteiger partial charge in [-0.25, -0.2) is 4.98 Å². The highest BCUT2D eigenvalue weighted by atomic mass is 16.1. The number of allylic oxidation sites excluding steroid dienone is 2. The number of nitrogens with zero attached hydrogens (tertiary/aromatic N) is 2. The molecular formula is C23H33N3O. The molecule has 3 aliphatic carbocycles. The number of amides is 1. The number of aryl methyl sites for hydroxylation is 2. The summed E-state index contributed by atoms with van der Waals surface area (Å²) in [4.78, 5) is 19.7. The number of anilines is 2. The van der Waals surface area contributed by atoms with Crippen LogP contribution in [0.25, 0.3) is 0 Å². The van der Waals surface area contributed by atoms with E-state index in [1.54, 1.807) is 0 Å². The Bertz CT molecular complexity index is 731. The zero-order chi connectivity index (χ0) is 19.3. The second-order valence-electron chi connectivity index (χ2n) is 10.1. The van der Waals surface area contributed by atoms with E-state index in [0.29, 0.717) is 6.42 Å². The number of fused-ring (bicyclic) bond motifs is 1. The average molecular weight is 368 g/mol. The first-order chi connectivity index (χ1) is 12.7. The van der Waals surface area contributed by atoms with Crippen LogP contribution in [0.5, 0.6) is 0 Å². The van der Waals surface area contributed by atoms with E-state index in [1.807, 2.05) is 6.92 Å². The fourth-order valence-corrected chi connectivity index (χ4v) is 5.35. The van der Waals surface area contributed by atoms with Crippen LogP contribution < -0.4 is 10.2 Å². The number of carbonyl (C=O) groups excluding carboxylic acids is 1. The van der Waals surface area contributed by atoms with Gasteiger partial charge in [-0.15, -0.1) is 0 Å². The van der Waals surface area contributed by atoms with Crippen molar-refractivity contribution in [2.45, 2.75) is 53.9 Å². The van der Waals surface area contributed by atoms with Crippen LogP contribution in [0.15, 0.2) is 18.2 Å². The van der Waals surface area contributed by atoms with Crippen molar-refractivity contribution in [3.8, 4) is 0 Å². The zero-order valence-electron chi connectivity index (χ0n) is 17.4. The van der Waals surface area contributed by atoms with Crippen LogP contribution in [0.2, 0.25) is 0 Å². The molecule has 4 aliphatic rings. The number of hydrogen-bond donors (Lipinski definition) is 1. The van der Waals surface area contributed by atoms with Gasteiger partial charge in [-0.05, 0) is 67.4 Å². The summed E-state index contributed by atoms with van der Waals surface area (Å²) in [6.07, 6.45) is 8.17. The molecule has 2 heterocycles. The summed E-state index contributed by atoms with van der Waals surface area (Å²) in [6, 6.07) is 2.16.